The van der Waals surface area contributed by atoms with E-state index in [4.69, 9.17) is 9.47 Å². The van der Waals surface area contributed by atoms with Crippen LogP contribution in [0.4, 0.5) is 0 Å². The quantitative estimate of drug-likeness (QED) is 0.478. The summed E-state index contributed by atoms with van der Waals surface area (Å²) >= 11 is 0. The third-order valence-electron chi connectivity index (χ3n) is 3.93. The van der Waals surface area contributed by atoms with Crippen LogP contribution < -0.4 is 0 Å². The molecule has 3 aromatic rings. The Labute approximate surface area is 156 Å². The second-order valence-electron chi connectivity index (χ2n) is 5.50. The van der Waals surface area contributed by atoms with E-state index in [0.717, 1.165) is 3.97 Å². The van der Waals surface area contributed by atoms with Gasteiger partial charge in [0.1, 0.15) is 0 Å². The molecule has 0 saturated carbocycles. The average Bonchev–Trinajstić information content (AvgIpc) is 3.13. The summed E-state index contributed by atoms with van der Waals surface area (Å²) in [5.41, 5.74) is 0.855. The van der Waals surface area contributed by atoms with Crippen LogP contribution in [0.15, 0.2) is 59.9 Å². The summed E-state index contributed by atoms with van der Waals surface area (Å²) in [6.45, 7) is 2.28. The normalized spacial score (nSPS) is 11.8. The van der Waals surface area contributed by atoms with Crippen molar-refractivity contribution in [1.82, 2.24) is 8.96 Å². The minimum Gasteiger partial charge on any atom is -0.501 e. The number of esters is 1. The van der Waals surface area contributed by atoms with Crippen LogP contribution >= 0.6 is 0 Å². The van der Waals surface area contributed by atoms with Gasteiger partial charge in [0.05, 0.1) is 36.6 Å². The Balaban J connectivity index is 2.22. The number of hydrogen-bond donors (Lipinski definition) is 0. The highest BCUT2D eigenvalue weighted by Gasteiger charge is 2.22. The fourth-order valence-corrected chi connectivity index (χ4v) is 4.01. The lowest BCUT2D eigenvalue weighted by Gasteiger charge is -2.09. The number of hydrogen-bond acceptors (Lipinski definition) is 6. The molecule has 0 aliphatic rings. The van der Waals surface area contributed by atoms with E-state index >= 15 is 0 Å². The zero-order valence-corrected chi connectivity index (χ0v) is 15.6. The van der Waals surface area contributed by atoms with Crippen molar-refractivity contribution in [1.29, 1.82) is 0 Å². The molecule has 0 amide bonds. The highest BCUT2D eigenvalue weighted by atomic mass is 32.2. The molecule has 27 heavy (non-hydrogen) atoms. The van der Waals surface area contributed by atoms with Gasteiger partial charge in [-0.3, -0.25) is 0 Å². The number of rotatable bonds is 6. The maximum absolute atomic E-state index is 13.0. The fraction of sp³-hybridized carbons (Fsp3) is 0.158. The van der Waals surface area contributed by atoms with Crippen LogP contribution in [0, 0.1) is 0 Å². The Morgan fingerprint density at radius 1 is 1.22 bits per heavy atom. The summed E-state index contributed by atoms with van der Waals surface area (Å²) in [6.07, 6.45) is 5.80. The predicted octanol–water partition coefficient (Wildman–Crippen LogP) is 3.07. The molecule has 7 nitrogen and oxygen atoms in total. The first kappa shape index (κ1) is 18.7. The number of carbonyl (C=O) groups is 1. The van der Waals surface area contributed by atoms with Gasteiger partial charge in [-0.05, 0) is 31.2 Å². The van der Waals surface area contributed by atoms with Crippen LogP contribution in [0.3, 0.4) is 0 Å². The van der Waals surface area contributed by atoms with Gasteiger partial charge in [0.2, 0.25) is 0 Å². The Morgan fingerprint density at radius 2 is 1.96 bits per heavy atom. The minimum atomic E-state index is -3.80. The van der Waals surface area contributed by atoms with E-state index < -0.39 is 16.0 Å². The van der Waals surface area contributed by atoms with E-state index in [2.05, 4.69) is 4.98 Å². The van der Waals surface area contributed by atoms with Gasteiger partial charge in [-0.2, -0.15) is 0 Å². The lowest BCUT2D eigenvalue weighted by atomic mass is 10.1. The number of aromatic nitrogens is 2. The van der Waals surface area contributed by atoms with E-state index in [9.17, 15) is 13.2 Å². The number of methoxy groups -OCH3 is 1. The average molecular weight is 386 g/mol. The van der Waals surface area contributed by atoms with Gasteiger partial charge in [-0.1, -0.05) is 18.2 Å². The molecule has 0 bridgehead atoms. The van der Waals surface area contributed by atoms with E-state index in [1.165, 1.54) is 37.9 Å². The molecule has 0 fully saturated rings. The molecule has 0 unspecified atom stereocenters. The van der Waals surface area contributed by atoms with Gasteiger partial charge < -0.3 is 9.47 Å². The van der Waals surface area contributed by atoms with Crippen molar-refractivity contribution in [3.8, 4) is 0 Å². The lowest BCUT2D eigenvalue weighted by Crippen LogP contribution is -2.12. The number of carbonyl (C=O) groups excluding carboxylic acids is 1. The number of pyridine rings is 1. The number of ether oxygens (including phenoxy) is 2. The summed E-state index contributed by atoms with van der Waals surface area (Å²) in [5, 5.41) is 0.542. The van der Waals surface area contributed by atoms with Crippen molar-refractivity contribution in [2.75, 3.05) is 13.7 Å². The molecule has 0 spiro atoms. The van der Waals surface area contributed by atoms with E-state index in [1.54, 1.807) is 30.3 Å². The maximum Gasteiger partial charge on any atom is 0.357 e. The zero-order valence-electron chi connectivity index (χ0n) is 14.8. The summed E-state index contributed by atoms with van der Waals surface area (Å²) < 4.78 is 37.0. The number of fused-ring (bicyclic) bond motifs is 1. The molecule has 3 rings (SSSR count). The first-order valence-corrected chi connectivity index (χ1v) is 9.62. The summed E-state index contributed by atoms with van der Waals surface area (Å²) in [6, 6.07) is 9.72. The minimum absolute atomic E-state index is 0.0795. The third-order valence-corrected chi connectivity index (χ3v) is 5.63. The molecule has 0 N–H and O–H groups in total. The van der Waals surface area contributed by atoms with Gasteiger partial charge in [-0.25, -0.2) is 22.2 Å². The monoisotopic (exact) mass is 386 g/mol. The van der Waals surface area contributed by atoms with Gasteiger partial charge in [0.15, 0.2) is 5.69 Å². The second kappa shape index (κ2) is 7.63. The molecular formula is C19H18N2O5S. The third kappa shape index (κ3) is 3.43. The van der Waals surface area contributed by atoms with Crippen LogP contribution in [0.2, 0.25) is 0 Å². The van der Waals surface area contributed by atoms with E-state index in [-0.39, 0.29) is 10.6 Å². The largest absolute Gasteiger partial charge is 0.501 e. The Hall–Kier alpha value is -3.13. The first-order chi connectivity index (χ1) is 13.0. The second-order valence-corrected chi connectivity index (χ2v) is 7.31. The van der Waals surface area contributed by atoms with Gasteiger partial charge >= 0.3 is 5.97 Å². The Bertz CT molecular complexity index is 1100. The van der Waals surface area contributed by atoms with Crippen LogP contribution in [-0.4, -0.2) is 37.1 Å². The van der Waals surface area contributed by atoms with Gasteiger partial charge in [0, 0.05) is 17.1 Å². The molecule has 1 aromatic carbocycles. The molecule has 0 aliphatic carbocycles. The molecule has 140 valence electrons. The predicted molar refractivity (Wildman–Crippen MR) is 101 cm³/mol. The molecule has 0 aliphatic heterocycles. The van der Waals surface area contributed by atoms with Gasteiger partial charge in [-0.15, -0.1) is 0 Å². The van der Waals surface area contributed by atoms with Crippen LogP contribution in [0.25, 0.3) is 17.0 Å². The Morgan fingerprint density at radius 3 is 2.63 bits per heavy atom. The highest BCUT2D eigenvalue weighted by molar-refractivity contribution is 7.90. The van der Waals surface area contributed by atoms with Crippen molar-refractivity contribution in [2.45, 2.75) is 11.8 Å². The van der Waals surface area contributed by atoms with Crippen molar-refractivity contribution in [3.05, 3.63) is 66.3 Å². The van der Waals surface area contributed by atoms with Crippen molar-refractivity contribution in [2.24, 2.45) is 0 Å². The lowest BCUT2D eigenvalue weighted by molar-refractivity contribution is 0.0594. The maximum atomic E-state index is 13.0. The molecule has 0 radical (unpaired) electrons. The van der Waals surface area contributed by atoms with Crippen molar-refractivity contribution in [3.63, 3.8) is 0 Å². The number of benzene rings is 1. The fourth-order valence-electron chi connectivity index (χ4n) is 2.66. The molecule has 8 heteroatoms. The topological polar surface area (TPSA) is 87.5 Å². The Kier molecular flexibility index (Phi) is 5.27. The van der Waals surface area contributed by atoms with Crippen molar-refractivity contribution < 1.29 is 22.7 Å². The summed E-state index contributed by atoms with van der Waals surface area (Å²) in [7, 11) is -2.54. The van der Waals surface area contributed by atoms with E-state index in [0.29, 0.717) is 23.1 Å². The molecule has 2 aromatic heterocycles. The van der Waals surface area contributed by atoms with Gasteiger partial charge in [0.25, 0.3) is 10.0 Å². The smallest absolute Gasteiger partial charge is 0.357 e. The molecule has 0 saturated heterocycles. The summed E-state index contributed by atoms with van der Waals surface area (Å²) in [5.74, 6) is -0.619. The molecular weight excluding hydrogens is 368 g/mol. The van der Waals surface area contributed by atoms with E-state index in [1.807, 2.05) is 6.92 Å². The number of nitrogens with zero attached hydrogens (tertiary/aromatic N) is 2. The first-order valence-electron chi connectivity index (χ1n) is 8.17. The van der Waals surface area contributed by atoms with Crippen LogP contribution in [-0.2, 0) is 19.5 Å². The summed E-state index contributed by atoms with van der Waals surface area (Å²) in [4.78, 5) is 16.3. The highest BCUT2D eigenvalue weighted by Crippen LogP contribution is 2.27. The van der Waals surface area contributed by atoms with Crippen LogP contribution in [0.1, 0.15) is 23.0 Å². The standard InChI is InChI=1S/C19H18N2O5S/c1-3-26-12-10-16-15-9-11-21(17(15)13-20-18(16)19(22)25-2)27(23,24)14-7-5-4-6-8-14/h4-13H,3H2,1-2H3. The van der Waals surface area contributed by atoms with Crippen LogP contribution in [0.5, 0.6) is 0 Å². The molecule has 0 atom stereocenters. The molecule has 2 heterocycles. The zero-order chi connectivity index (χ0) is 19.4. The van der Waals surface area contributed by atoms with Crippen molar-refractivity contribution >= 4 is 33.0 Å². The SMILES string of the molecule is CCOC=Cc1c(C(=O)OC)ncc2c1ccn2S(=O)(=O)c1ccccc1.